The fraction of sp³-hybridized carbons (Fsp3) is 0.538. The van der Waals surface area contributed by atoms with Crippen molar-refractivity contribution in [3.05, 3.63) is 24.3 Å². The third-order valence-electron chi connectivity index (χ3n) is 3.26. The molecular weight excluding hydrogens is 294 g/mol. The van der Waals surface area contributed by atoms with Crippen molar-refractivity contribution in [1.82, 2.24) is 10.2 Å². The van der Waals surface area contributed by atoms with Gasteiger partial charge in [0.2, 0.25) is 10.0 Å². The Balaban J connectivity index is 1.93. The van der Waals surface area contributed by atoms with Gasteiger partial charge in [-0.3, -0.25) is 9.62 Å². The Labute approximate surface area is 125 Å². The molecule has 1 aliphatic heterocycles. The van der Waals surface area contributed by atoms with Crippen LogP contribution in [-0.4, -0.2) is 58.1 Å². The molecule has 0 amide bonds. The topological polar surface area (TPSA) is 61.4 Å². The van der Waals surface area contributed by atoms with E-state index in [2.05, 4.69) is 14.9 Å². The Bertz CT molecular complexity index is 528. The minimum Gasteiger partial charge on any atom is -0.314 e. The van der Waals surface area contributed by atoms with Crippen molar-refractivity contribution in [2.75, 3.05) is 49.5 Å². The summed E-state index contributed by atoms with van der Waals surface area (Å²) in [6, 6.07) is 7.46. The molecule has 1 aromatic rings. The molecule has 0 atom stereocenters. The van der Waals surface area contributed by atoms with Crippen LogP contribution in [0.4, 0.5) is 5.69 Å². The molecule has 0 unspecified atom stereocenters. The normalized spacial score (nSPS) is 17.1. The number of piperazine rings is 1. The lowest BCUT2D eigenvalue weighted by molar-refractivity contribution is 0.254. The maximum atomic E-state index is 12.1. The number of benzene rings is 1. The predicted octanol–water partition coefficient (Wildman–Crippen LogP) is 1.06. The Morgan fingerprint density at radius 2 is 2.00 bits per heavy atom. The van der Waals surface area contributed by atoms with E-state index in [9.17, 15) is 8.42 Å². The van der Waals surface area contributed by atoms with Gasteiger partial charge in [0.05, 0.1) is 11.4 Å². The molecular formula is C13H21N3O2S2. The first-order chi connectivity index (χ1) is 9.61. The summed E-state index contributed by atoms with van der Waals surface area (Å²) in [5, 5.41) is 3.26. The van der Waals surface area contributed by atoms with Crippen LogP contribution in [0.1, 0.15) is 0 Å². The standard InChI is InChI=1S/C13H21N3O2S2/c1-19-13-5-3-2-4-12(13)15-20(17,18)11-10-16-8-6-14-7-9-16/h2-5,14-15H,6-11H2,1H3. The highest BCUT2D eigenvalue weighted by Crippen LogP contribution is 2.25. The van der Waals surface area contributed by atoms with Crippen molar-refractivity contribution in [2.24, 2.45) is 0 Å². The van der Waals surface area contributed by atoms with Crippen molar-refractivity contribution in [3.8, 4) is 0 Å². The van der Waals surface area contributed by atoms with E-state index in [4.69, 9.17) is 0 Å². The molecule has 1 heterocycles. The predicted molar refractivity (Wildman–Crippen MR) is 84.9 cm³/mol. The van der Waals surface area contributed by atoms with Crippen molar-refractivity contribution in [1.29, 1.82) is 0 Å². The monoisotopic (exact) mass is 315 g/mol. The van der Waals surface area contributed by atoms with Crippen molar-refractivity contribution in [2.45, 2.75) is 4.90 Å². The molecule has 0 spiro atoms. The lowest BCUT2D eigenvalue weighted by Crippen LogP contribution is -2.45. The van der Waals surface area contributed by atoms with Gasteiger partial charge in [-0.2, -0.15) is 0 Å². The van der Waals surface area contributed by atoms with Crippen LogP contribution in [0.15, 0.2) is 29.2 Å². The molecule has 112 valence electrons. The fourth-order valence-corrected chi connectivity index (χ4v) is 3.86. The van der Waals surface area contributed by atoms with E-state index < -0.39 is 10.0 Å². The molecule has 0 radical (unpaired) electrons. The summed E-state index contributed by atoms with van der Waals surface area (Å²) in [4.78, 5) is 3.12. The van der Waals surface area contributed by atoms with E-state index in [0.717, 1.165) is 31.1 Å². The van der Waals surface area contributed by atoms with E-state index in [1.54, 1.807) is 6.07 Å². The molecule has 20 heavy (non-hydrogen) atoms. The average Bonchev–Trinajstić information content (AvgIpc) is 2.47. The Kier molecular flexibility index (Phi) is 5.71. The summed E-state index contributed by atoms with van der Waals surface area (Å²) >= 11 is 1.54. The summed E-state index contributed by atoms with van der Waals surface area (Å²) < 4.78 is 27.0. The van der Waals surface area contributed by atoms with E-state index in [1.165, 1.54) is 11.8 Å². The van der Waals surface area contributed by atoms with Crippen LogP contribution in [0.2, 0.25) is 0 Å². The third-order valence-corrected chi connectivity index (χ3v) is 5.31. The number of sulfonamides is 1. The van der Waals surface area contributed by atoms with Crippen LogP contribution >= 0.6 is 11.8 Å². The van der Waals surface area contributed by atoms with E-state index in [1.807, 2.05) is 24.5 Å². The van der Waals surface area contributed by atoms with Crippen LogP contribution in [0.5, 0.6) is 0 Å². The van der Waals surface area contributed by atoms with Gasteiger partial charge in [-0.05, 0) is 18.4 Å². The summed E-state index contributed by atoms with van der Waals surface area (Å²) in [5.41, 5.74) is 0.667. The van der Waals surface area contributed by atoms with Crippen LogP contribution < -0.4 is 10.0 Å². The van der Waals surface area contributed by atoms with Crippen molar-refractivity contribution in [3.63, 3.8) is 0 Å². The first-order valence-corrected chi connectivity index (χ1v) is 9.55. The maximum absolute atomic E-state index is 12.1. The van der Waals surface area contributed by atoms with Gasteiger partial charge in [0.25, 0.3) is 0 Å². The second kappa shape index (κ2) is 7.31. The molecule has 2 N–H and O–H groups in total. The van der Waals surface area contributed by atoms with Gasteiger partial charge < -0.3 is 5.32 Å². The zero-order chi connectivity index (χ0) is 14.4. The van der Waals surface area contributed by atoms with Gasteiger partial charge in [-0.25, -0.2) is 8.42 Å². The molecule has 1 aliphatic rings. The van der Waals surface area contributed by atoms with E-state index in [0.29, 0.717) is 12.2 Å². The number of anilines is 1. The number of hydrogen-bond acceptors (Lipinski definition) is 5. The van der Waals surface area contributed by atoms with Gasteiger partial charge >= 0.3 is 0 Å². The molecule has 2 rings (SSSR count). The SMILES string of the molecule is CSc1ccccc1NS(=O)(=O)CCN1CCNCC1. The first kappa shape index (κ1) is 15.6. The fourth-order valence-electron chi connectivity index (χ4n) is 2.13. The number of thioether (sulfide) groups is 1. The zero-order valence-corrected chi connectivity index (χ0v) is 13.3. The summed E-state index contributed by atoms with van der Waals surface area (Å²) in [6.45, 7) is 4.28. The Morgan fingerprint density at radius 3 is 2.70 bits per heavy atom. The van der Waals surface area contributed by atoms with E-state index in [-0.39, 0.29) is 5.75 Å². The average molecular weight is 315 g/mol. The lowest BCUT2D eigenvalue weighted by atomic mass is 10.3. The molecule has 0 aromatic heterocycles. The molecule has 5 nitrogen and oxygen atoms in total. The van der Waals surface area contributed by atoms with Gasteiger partial charge in [0.1, 0.15) is 0 Å². The number of para-hydroxylation sites is 1. The minimum absolute atomic E-state index is 0.135. The third kappa shape index (κ3) is 4.66. The molecule has 1 aromatic carbocycles. The quantitative estimate of drug-likeness (QED) is 0.769. The lowest BCUT2D eigenvalue weighted by Gasteiger charge is -2.27. The van der Waals surface area contributed by atoms with Crippen molar-refractivity contribution < 1.29 is 8.42 Å². The molecule has 1 saturated heterocycles. The van der Waals surface area contributed by atoms with Crippen LogP contribution in [-0.2, 0) is 10.0 Å². The molecule has 0 saturated carbocycles. The second-order valence-electron chi connectivity index (χ2n) is 4.71. The van der Waals surface area contributed by atoms with Gasteiger partial charge in [0.15, 0.2) is 0 Å². The minimum atomic E-state index is -3.29. The van der Waals surface area contributed by atoms with E-state index >= 15 is 0 Å². The largest absolute Gasteiger partial charge is 0.314 e. The Hall–Kier alpha value is -0.760. The second-order valence-corrected chi connectivity index (χ2v) is 7.40. The number of rotatable bonds is 6. The van der Waals surface area contributed by atoms with Crippen LogP contribution in [0.3, 0.4) is 0 Å². The maximum Gasteiger partial charge on any atom is 0.234 e. The van der Waals surface area contributed by atoms with Gasteiger partial charge in [0, 0.05) is 37.6 Å². The highest BCUT2D eigenvalue weighted by molar-refractivity contribution is 7.99. The number of nitrogens with one attached hydrogen (secondary N) is 2. The summed E-state index contributed by atoms with van der Waals surface area (Å²) in [7, 11) is -3.29. The highest BCUT2D eigenvalue weighted by Gasteiger charge is 2.16. The molecule has 0 bridgehead atoms. The van der Waals surface area contributed by atoms with Crippen LogP contribution in [0, 0.1) is 0 Å². The van der Waals surface area contributed by atoms with Gasteiger partial charge in [-0.15, -0.1) is 11.8 Å². The molecule has 1 fully saturated rings. The Morgan fingerprint density at radius 1 is 1.30 bits per heavy atom. The zero-order valence-electron chi connectivity index (χ0n) is 11.6. The molecule has 7 heteroatoms. The van der Waals surface area contributed by atoms with Crippen LogP contribution in [0.25, 0.3) is 0 Å². The number of hydrogen-bond donors (Lipinski definition) is 2. The molecule has 0 aliphatic carbocycles. The summed E-state index contributed by atoms with van der Waals surface area (Å²) in [6.07, 6.45) is 1.94. The number of nitrogens with zero attached hydrogens (tertiary/aromatic N) is 1. The smallest absolute Gasteiger partial charge is 0.234 e. The van der Waals surface area contributed by atoms with Crippen molar-refractivity contribution >= 4 is 27.5 Å². The first-order valence-electron chi connectivity index (χ1n) is 6.67. The van der Waals surface area contributed by atoms with Gasteiger partial charge in [-0.1, -0.05) is 12.1 Å². The summed E-state index contributed by atoms with van der Waals surface area (Å²) in [5.74, 6) is 0.135. The highest BCUT2D eigenvalue weighted by atomic mass is 32.2.